The maximum atomic E-state index is 5.71. The third kappa shape index (κ3) is 2.05. The lowest BCUT2D eigenvalue weighted by molar-refractivity contribution is -0.0364. The first-order valence-corrected chi connectivity index (χ1v) is 6.05. The van der Waals surface area contributed by atoms with Crippen molar-refractivity contribution in [2.45, 2.75) is 12.6 Å². The van der Waals surface area contributed by atoms with Gasteiger partial charge in [0.1, 0.15) is 5.52 Å². The van der Waals surface area contributed by atoms with Gasteiger partial charge >= 0.3 is 0 Å². The molecule has 0 bridgehead atoms. The van der Waals surface area contributed by atoms with Gasteiger partial charge in [-0.1, -0.05) is 18.7 Å². The molecule has 1 aromatic carbocycles. The van der Waals surface area contributed by atoms with Crippen LogP contribution in [0.2, 0.25) is 0 Å². The highest BCUT2D eigenvalue weighted by Gasteiger charge is 2.27. The van der Waals surface area contributed by atoms with Crippen LogP contribution in [0.25, 0.3) is 17.2 Å². The van der Waals surface area contributed by atoms with Gasteiger partial charge in [-0.15, -0.1) is 0 Å². The second kappa shape index (κ2) is 4.55. The van der Waals surface area contributed by atoms with Crippen LogP contribution in [0.5, 0.6) is 0 Å². The number of ether oxygens (including phenoxy) is 1. The number of benzene rings is 1. The van der Waals surface area contributed by atoms with Gasteiger partial charge in [0.05, 0.1) is 12.6 Å². The molecule has 1 fully saturated rings. The Balaban J connectivity index is 1.75. The quantitative estimate of drug-likeness (QED) is 0.827. The summed E-state index contributed by atoms with van der Waals surface area (Å²) < 4.78 is 11.0. The molecule has 3 rings (SSSR count). The number of likely N-dealkylation sites (tertiary alicyclic amines) is 1. The highest BCUT2D eigenvalue weighted by atomic mass is 16.5. The average molecular weight is 244 g/mol. The van der Waals surface area contributed by atoms with Crippen molar-refractivity contribution in [3.05, 3.63) is 36.2 Å². The van der Waals surface area contributed by atoms with Crippen molar-refractivity contribution in [1.29, 1.82) is 0 Å². The molecule has 2 aromatic rings. The predicted octanol–water partition coefficient (Wildman–Crippen LogP) is 2.30. The first kappa shape index (κ1) is 11.4. The summed E-state index contributed by atoms with van der Waals surface area (Å²) in [5.74, 6) is 0.765. The van der Waals surface area contributed by atoms with Crippen LogP contribution in [0, 0.1) is 0 Å². The van der Waals surface area contributed by atoms with Crippen molar-refractivity contribution in [1.82, 2.24) is 9.88 Å². The molecule has 0 N–H and O–H groups in total. The maximum absolute atomic E-state index is 5.71. The Morgan fingerprint density at radius 3 is 3.11 bits per heavy atom. The lowest BCUT2D eigenvalue weighted by Crippen LogP contribution is -2.50. The largest absolute Gasteiger partial charge is 0.439 e. The second-order valence-electron chi connectivity index (χ2n) is 4.59. The van der Waals surface area contributed by atoms with E-state index in [2.05, 4.69) is 16.5 Å². The Morgan fingerprint density at radius 1 is 1.56 bits per heavy atom. The van der Waals surface area contributed by atoms with Crippen molar-refractivity contribution in [2.24, 2.45) is 0 Å². The molecule has 1 aliphatic rings. The fourth-order valence-corrected chi connectivity index (χ4v) is 2.18. The lowest BCUT2D eigenvalue weighted by atomic mass is 10.2. The van der Waals surface area contributed by atoms with E-state index in [4.69, 9.17) is 9.15 Å². The minimum absolute atomic E-state index is 0.363. The molecule has 0 saturated carbocycles. The minimum atomic E-state index is 0.363. The summed E-state index contributed by atoms with van der Waals surface area (Å²) in [5, 5.41) is 0. The van der Waals surface area contributed by atoms with Crippen LogP contribution in [0.1, 0.15) is 11.5 Å². The van der Waals surface area contributed by atoms with Crippen molar-refractivity contribution in [2.75, 3.05) is 20.2 Å². The Labute approximate surface area is 106 Å². The molecule has 0 aliphatic carbocycles. The van der Waals surface area contributed by atoms with Crippen molar-refractivity contribution >= 4 is 17.2 Å². The molecule has 2 heterocycles. The number of hydrogen-bond acceptors (Lipinski definition) is 4. The van der Waals surface area contributed by atoms with Gasteiger partial charge in [0.25, 0.3) is 0 Å². The zero-order chi connectivity index (χ0) is 12.5. The van der Waals surface area contributed by atoms with Gasteiger partial charge in [-0.25, -0.2) is 4.98 Å². The highest BCUT2D eigenvalue weighted by Crippen LogP contribution is 2.20. The van der Waals surface area contributed by atoms with Crippen molar-refractivity contribution in [3.8, 4) is 0 Å². The van der Waals surface area contributed by atoms with Crippen LogP contribution < -0.4 is 0 Å². The van der Waals surface area contributed by atoms with Gasteiger partial charge in [-0.3, -0.25) is 4.90 Å². The summed E-state index contributed by atoms with van der Waals surface area (Å²) in [6.45, 7) is 6.40. The fourth-order valence-electron chi connectivity index (χ4n) is 2.18. The van der Waals surface area contributed by atoms with Crippen LogP contribution in [0.3, 0.4) is 0 Å². The Morgan fingerprint density at radius 2 is 2.39 bits per heavy atom. The van der Waals surface area contributed by atoms with E-state index in [0.717, 1.165) is 42.2 Å². The Hall–Kier alpha value is -1.65. The lowest BCUT2D eigenvalue weighted by Gasteiger charge is -2.37. The number of hydrogen-bond donors (Lipinski definition) is 0. The molecule has 0 unspecified atom stereocenters. The zero-order valence-electron chi connectivity index (χ0n) is 10.4. The number of rotatable bonds is 4. The number of methoxy groups -OCH3 is 1. The highest BCUT2D eigenvalue weighted by molar-refractivity contribution is 5.75. The van der Waals surface area contributed by atoms with E-state index in [1.165, 1.54) is 0 Å². The van der Waals surface area contributed by atoms with E-state index in [0.29, 0.717) is 6.10 Å². The predicted molar refractivity (Wildman–Crippen MR) is 70.2 cm³/mol. The first-order valence-electron chi connectivity index (χ1n) is 6.05. The van der Waals surface area contributed by atoms with Crippen LogP contribution in [-0.2, 0) is 11.3 Å². The van der Waals surface area contributed by atoms with Crippen molar-refractivity contribution < 1.29 is 9.15 Å². The summed E-state index contributed by atoms with van der Waals surface area (Å²) >= 11 is 0. The number of fused-ring (bicyclic) bond motifs is 1. The number of nitrogens with zero attached hydrogens (tertiary/aromatic N) is 2. The molecular weight excluding hydrogens is 228 g/mol. The number of aromatic nitrogens is 1. The van der Waals surface area contributed by atoms with Gasteiger partial charge in [-0.2, -0.15) is 0 Å². The molecule has 4 heteroatoms. The molecule has 0 radical (unpaired) electrons. The summed E-state index contributed by atoms with van der Waals surface area (Å²) in [4.78, 5) is 6.75. The summed E-state index contributed by atoms with van der Waals surface area (Å²) in [7, 11) is 1.75. The molecule has 4 nitrogen and oxygen atoms in total. The van der Waals surface area contributed by atoms with Crippen LogP contribution in [-0.4, -0.2) is 36.2 Å². The van der Waals surface area contributed by atoms with E-state index in [-0.39, 0.29) is 0 Å². The van der Waals surface area contributed by atoms with Crippen LogP contribution in [0.4, 0.5) is 0 Å². The van der Waals surface area contributed by atoms with Gasteiger partial charge in [0, 0.05) is 20.2 Å². The third-order valence-corrected chi connectivity index (χ3v) is 3.31. The molecule has 94 valence electrons. The van der Waals surface area contributed by atoms with E-state index in [1.807, 2.05) is 24.3 Å². The van der Waals surface area contributed by atoms with E-state index in [1.54, 1.807) is 7.11 Å². The SMILES string of the molecule is C=Cc1ccc2oc(CN3CC(OC)C3)nc2c1. The summed E-state index contributed by atoms with van der Waals surface area (Å²) in [5.41, 5.74) is 2.79. The number of oxazole rings is 1. The monoisotopic (exact) mass is 244 g/mol. The maximum Gasteiger partial charge on any atom is 0.209 e. The van der Waals surface area contributed by atoms with Crippen LogP contribution in [0.15, 0.2) is 29.2 Å². The Bertz CT molecular complexity index is 570. The summed E-state index contributed by atoms with van der Waals surface area (Å²) in [6, 6.07) is 5.91. The van der Waals surface area contributed by atoms with E-state index < -0.39 is 0 Å². The Kier molecular flexibility index (Phi) is 2.89. The molecular formula is C14H16N2O2. The second-order valence-corrected chi connectivity index (χ2v) is 4.59. The minimum Gasteiger partial charge on any atom is -0.439 e. The van der Waals surface area contributed by atoms with Gasteiger partial charge in [-0.05, 0) is 17.7 Å². The molecule has 18 heavy (non-hydrogen) atoms. The molecule has 1 aliphatic heterocycles. The van der Waals surface area contributed by atoms with Gasteiger partial charge in [0.15, 0.2) is 5.58 Å². The van der Waals surface area contributed by atoms with Crippen molar-refractivity contribution in [3.63, 3.8) is 0 Å². The van der Waals surface area contributed by atoms with E-state index >= 15 is 0 Å². The smallest absolute Gasteiger partial charge is 0.209 e. The average Bonchev–Trinajstić information content (AvgIpc) is 2.74. The normalized spacial score (nSPS) is 16.9. The van der Waals surface area contributed by atoms with E-state index in [9.17, 15) is 0 Å². The zero-order valence-corrected chi connectivity index (χ0v) is 10.4. The standard InChI is InChI=1S/C14H16N2O2/c1-3-10-4-5-13-12(6-10)15-14(18-13)9-16-7-11(8-16)17-2/h3-6,11H,1,7-9H2,2H3. The summed E-state index contributed by atoms with van der Waals surface area (Å²) in [6.07, 6.45) is 2.17. The molecule has 1 aromatic heterocycles. The molecule has 1 saturated heterocycles. The van der Waals surface area contributed by atoms with Crippen LogP contribution >= 0.6 is 0 Å². The van der Waals surface area contributed by atoms with Gasteiger partial charge < -0.3 is 9.15 Å². The first-order chi connectivity index (χ1) is 8.78. The molecule has 0 atom stereocenters. The topological polar surface area (TPSA) is 38.5 Å². The van der Waals surface area contributed by atoms with Gasteiger partial charge in [0.2, 0.25) is 5.89 Å². The third-order valence-electron chi connectivity index (χ3n) is 3.31. The fraction of sp³-hybridized carbons (Fsp3) is 0.357. The molecule has 0 amide bonds. The molecule has 0 spiro atoms.